The number of carbonyl (C=O) groups excluding carboxylic acids is 2. The van der Waals surface area contributed by atoms with Crippen LogP contribution in [0.25, 0.3) is 0 Å². The van der Waals surface area contributed by atoms with Gasteiger partial charge in [0, 0.05) is 19.0 Å². The molecule has 4 heteroatoms. The Morgan fingerprint density at radius 3 is 2.72 bits per heavy atom. The molecule has 4 nitrogen and oxygen atoms in total. The molecule has 4 fully saturated rings. The summed E-state index contributed by atoms with van der Waals surface area (Å²) in [6, 6.07) is 0. The molecule has 4 aliphatic rings. The van der Waals surface area contributed by atoms with E-state index in [0.29, 0.717) is 11.8 Å². The molecule has 0 N–H and O–H groups in total. The Hall–Kier alpha value is -1.06. The van der Waals surface area contributed by atoms with Gasteiger partial charge in [-0.1, -0.05) is 0 Å². The highest BCUT2D eigenvalue weighted by molar-refractivity contribution is 5.88. The maximum Gasteiger partial charge on any atom is 0.310 e. The normalized spacial score (nSPS) is 45.4. The van der Waals surface area contributed by atoms with Crippen molar-refractivity contribution >= 4 is 11.9 Å². The van der Waals surface area contributed by atoms with E-state index in [1.165, 1.54) is 6.42 Å². The zero-order valence-electron chi connectivity index (χ0n) is 10.5. The molecule has 5 atom stereocenters. The lowest BCUT2D eigenvalue weighted by atomic mass is 9.79. The van der Waals surface area contributed by atoms with Gasteiger partial charge in [0.2, 0.25) is 5.91 Å². The van der Waals surface area contributed by atoms with E-state index in [1.807, 2.05) is 4.90 Å². The smallest absolute Gasteiger partial charge is 0.310 e. The molecule has 0 aromatic carbocycles. The van der Waals surface area contributed by atoms with Crippen molar-refractivity contribution in [3.63, 3.8) is 0 Å². The van der Waals surface area contributed by atoms with Crippen LogP contribution < -0.4 is 0 Å². The van der Waals surface area contributed by atoms with Crippen molar-refractivity contribution in [2.45, 2.75) is 38.2 Å². The molecule has 0 aromatic rings. The van der Waals surface area contributed by atoms with Crippen LogP contribution in [0.5, 0.6) is 0 Å². The molecule has 18 heavy (non-hydrogen) atoms. The SMILES string of the molecule is O=C1OC2CC3CC2C1C3C(=O)N1CCCCC1. The molecule has 0 spiro atoms. The van der Waals surface area contributed by atoms with E-state index in [-0.39, 0.29) is 29.8 Å². The van der Waals surface area contributed by atoms with E-state index in [2.05, 4.69) is 0 Å². The Bertz CT molecular complexity index is 400. The number of nitrogens with zero attached hydrogens (tertiary/aromatic N) is 1. The first-order valence-corrected chi connectivity index (χ1v) is 7.25. The van der Waals surface area contributed by atoms with Crippen LogP contribution in [0.2, 0.25) is 0 Å². The number of piperidine rings is 1. The number of carbonyl (C=O) groups is 2. The highest BCUT2D eigenvalue weighted by Gasteiger charge is 2.64. The molecule has 5 unspecified atom stereocenters. The summed E-state index contributed by atoms with van der Waals surface area (Å²) in [5, 5.41) is 0. The first-order valence-electron chi connectivity index (χ1n) is 7.25. The van der Waals surface area contributed by atoms with Crippen LogP contribution in [0, 0.1) is 23.7 Å². The van der Waals surface area contributed by atoms with Crippen molar-refractivity contribution in [1.82, 2.24) is 4.90 Å². The van der Waals surface area contributed by atoms with E-state index in [4.69, 9.17) is 4.74 Å². The van der Waals surface area contributed by atoms with Gasteiger partial charge >= 0.3 is 5.97 Å². The lowest BCUT2D eigenvalue weighted by Gasteiger charge is -2.33. The Morgan fingerprint density at radius 1 is 1.17 bits per heavy atom. The Labute approximate surface area is 107 Å². The number of hydrogen-bond donors (Lipinski definition) is 0. The van der Waals surface area contributed by atoms with Crippen molar-refractivity contribution in [3.05, 3.63) is 0 Å². The molecule has 2 saturated heterocycles. The molecule has 1 amide bonds. The van der Waals surface area contributed by atoms with Crippen LogP contribution >= 0.6 is 0 Å². The van der Waals surface area contributed by atoms with Crippen molar-refractivity contribution in [3.8, 4) is 0 Å². The fourth-order valence-corrected chi connectivity index (χ4v) is 4.67. The molecule has 2 aliphatic heterocycles. The molecular weight excluding hydrogens is 230 g/mol. The van der Waals surface area contributed by atoms with Crippen molar-refractivity contribution in [1.29, 1.82) is 0 Å². The second kappa shape index (κ2) is 3.72. The molecule has 2 saturated carbocycles. The van der Waals surface area contributed by atoms with Crippen molar-refractivity contribution in [2.75, 3.05) is 13.1 Å². The highest BCUT2D eigenvalue weighted by atomic mass is 16.6. The monoisotopic (exact) mass is 249 g/mol. The quantitative estimate of drug-likeness (QED) is 0.656. The first kappa shape index (κ1) is 10.8. The van der Waals surface area contributed by atoms with Gasteiger partial charge in [-0.15, -0.1) is 0 Å². The van der Waals surface area contributed by atoms with Crippen LogP contribution in [0.3, 0.4) is 0 Å². The fourth-order valence-electron chi connectivity index (χ4n) is 4.67. The number of hydrogen-bond acceptors (Lipinski definition) is 3. The molecule has 0 radical (unpaired) electrons. The van der Waals surface area contributed by atoms with Gasteiger partial charge in [0.05, 0.1) is 11.8 Å². The summed E-state index contributed by atoms with van der Waals surface area (Å²) in [7, 11) is 0. The largest absolute Gasteiger partial charge is 0.462 e. The third-order valence-electron chi connectivity index (χ3n) is 5.44. The number of amides is 1. The van der Waals surface area contributed by atoms with Crippen LogP contribution in [-0.4, -0.2) is 36.0 Å². The molecule has 2 aliphatic carbocycles. The summed E-state index contributed by atoms with van der Waals surface area (Å²) in [4.78, 5) is 26.5. The maximum atomic E-state index is 12.6. The zero-order valence-corrected chi connectivity index (χ0v) is 10.5. The second-order valence-electron chi connectivity index (χ2n) is 6.31. The third-order valence-corrected chi connectivity index (χ3v) is 5.44. The van der Waals surface area contributed by atoms with Gasteiger partial charge in [-0.3, -0.25) is 9.59 Å². The molecule has 98 valence electrons. The summed E-state index contributed by atoms with van der Waals surface area (Å²) in [6.45, 7) is 1.77. The van der Waals surface area contributed by atoms with Crippen molar-refractivity contribution < 1.29 is 14.3 Å². The molecular formula is C14H19NO3. The van der Waals surface area contributed by atoms with E-state index in [9.17, 15) is 9.59 Å². The van der Waals surface area contributed by atoms with Crippen LogP contribution in [-0.2, 0) is 14.3 Å². The van der Waals surface area contributed by atoms with E-state index >= 15 is 0 Å². The van der Waals surface area contributed by atoms with Gasteiger partial charge in [0.25, 0.3) is 0 Å². The van der Waals surface area contributed by atoms with Crippen LogP contribution in [0.4, 0.5) is 0 Å². The summed E-state index contributed by atoms with van der Waals surface area (Å²) in [5.41, 5.74) is 0. The number of rotatable bonds is 1. The summed E-state index contributed by atoms with van der Waals surface area (Å²) < 4.78 is 5.40. The Balaban J connectivity index is 1.57. The summed E-state index contributed by atoms with van der Waals surface area (Å²) in [6.07, 6.45) is 5.56. The summed E-state index contributed by atoms with van der Waals surface area (Å²) >= 11 is 0. The minimum atomic E-state index is -0.108. The predicted octanol–water partition coefficient (Wildman–Crippen LogP) is 1.20. The van der Waals surface area contributed by atoms with Gasteiger partial charge in [-0.25, -0.2) is 0 Å². The lowest BCUT2D eigenvalue weighted by Crippen LogP contribution is -2.44. The van der Waals surface area contributed by atoms with Gasteiger partial charge in [-0.2, -0.15) is 0 Å². The molecule has 4 rings (SSSR count). The third kappa shape index (κ3) is 1.32. The molecule has 2 heterocycles. The maximum absolute atomic E-state index is 12.6. The van der Waals surface area contributed by atoms with Gasteiger partial charge in [0.15, 0.2) is 0 Å². The zero-order chi connectivity index (χ0) is 12.3. The number of fused-ring (bicyclic) bond motifs is 1. The molecule has 2 bridgehead atoms. The topological polar surface area (TPSA) is 46.6 Å². The molecule has 0 aromatic heterocycles. The fraction of sp³-hybridized carbons (Fsp3) is 0.857. The highest BCUT2D eigenvalue weighted by Crippen LogP contribution is 2.58. The Kier molecular flexibility index (Phi) is 2.24. The lowest BCUT2D eigenvalue weighted by molar-refractivity contribution is -0.148. The van der Waals surface area contributed by atoms with Crippen LogP contribution in [0.1, 0.15) is 32.1 Å². The van der Waals surface area contributed by atoms with E-state index < -0.39 is 0 Å². The van der Waals surface area contributed by atoms with Crippen LogP contribution in [0.15, 0.2) is 0 Å². The predicted molar refractivity (Wildman–Crippen MR) is 63.5 cm³/mol. The van der Waals surface area contributed by atoms with Gasteiger partial charge in [-0.05, 0) is 38.0 Å². The number of esters is 1. The van der Waals surface area contributed by atoms with Gasteiger partial charge < -0.3 is 9.64 Å². The average molecular weight is 249 g/mol. The van der Waals surface area contributed by atoms with E-state index in [1.54, 1.807) is 0 Å². The Morgan fingerprint density at radius 2 is 1.94 bits per heavy atom. The van der Waals surface area contributed by atoms with E-state index in [0.717, 1.165) is 38.8 Å². The summed E-state index contributed by atoms with van der Waals surface area (Å²) in [5.74, 6) is 0.736. The standard InChI is InChI=1S/C14H19NO3/c16-13(15-4-2-1-3-5-15)11-8-6-9-10(7-8)18-14(17)12(9)11/h8-12H,1-7H2. The second-order valence-corrected chi connectivity index (χ2v) is 6.31. The van der Waals surface area contributed by atoms with Gasteiger partial charge in [0.1, 0.15) is 6.10 Å². The number of ether oxygens (including phenoxy) is 1. The number of likely N-dealkylation sites (tertiary alicyclic amines) is 1. The first-order chi connectivity index (χ1) is 8.75. The average Bonchev–Trinajstić information content (AvgIpc) is 3.00. The minimum Gasteiger partial charge on any atom is -0.462 e. The minimum absolute atomic E-state index is 0.0562. The van der Waals surface area contributed by atoms with Crippen molar-refractivity contribution in [2.24, 2.45) is 23.7 Å².